The largest absolute Gasteiger partial charge is 0.478 e. The normalized spacial score (nSPS) is 10.6. The summed E-state index contributed by atoms with van der Waals surface area (Å²) in [6, 6.07) is 8.08. The van der Waals surface area contributed by atoms with Gasteiger partial charge in [0.1, 0.15) is 0 Å². The summed E-state index contributed by atoms with van der Waals surface area (Å²) in [4.78, 5) is 23.5. The minimum atomic E-state index is -0.999. The van der Waals surface area contributed by atoms with E-state index in [1.54, 1.807) is 24.7 Å². The number of hydrogen-bond acceptors (Lipinski definition) is 2. The number of carboxylic acids is 1. The van der Waals surface area contributed by atoms with Crippen LogP contribution in [-0.4, -0.2) is 21.6 Å². The van der Waals surface area contributed by atoms with Gasteiger partial charge in [0.2, 0.25) is 5.91 Å². The fourth-order valence-corrected chi connectivity index (χ4v) is 2.65. The number of benzene rings is 1. The Balaban J connectivity index is 2.01. The molecule has 0 atom stereocenters. The number of aromatic carboxylic acids is 1. The molecule has 1 aromatic heterocycles. The van der Waals surface area contributed by atoms with Gasteiger partial charge in [-0.3, -0.25) is 4.79 Å². The molecular weight excluding hydrogens is 292 g/mol. The highest BCUT2D eigenvalue weighted by Gasteiger charge is 2.19. The molecule has 23 heavy (non-hydrogen) atoms. The molecule has 0 fully saturated rings. The number of aromatic nitrogens is 1. The van der Waals surface area contributed by atoms with Gasteiger partial charge in [0.05, 0.1) is 12.0 Å². The van der Waals surface area contributed by atoms with E-state index in [-0.39, 0.29) is 17.9 Å². The summed E-state index contributed by atoms with van der Waals surface area (Å²) in [5.74, 6) is -1.19. The van der Waals surface area contributed by atoms with Gasteiger partial charge in [-0.1, -0.05) is 31.2 Å². The molecule has 5 nitrogen and oxygen atoms in total. The number of carboxylic acid groups (broad SMARTS) is 1. The highest BCUT2D eigenvalue weighted by molar-refractivity contribution is 5.93. The van der Waals surface area contributed by atoms with Crippen LogP contribution in [0.4, 0.5) is 0 Å². The molecule has 2 rings (SSSR count). The molecule has 2 N–H and O–H groups in total. The highest BCUT2D eigenvalue weighted by atomic mass is 16.4. The first-order valence-electron chi connectivity index (χ1n) is 7.65. The molecule has 5 heteroatoms. The molecule has 1 aromatic carbocycles. The van der Waals surface area contributed by atoms with Gasteiger partial charge in [0.25, 0.3) is 0 Å². The Morgan fingerprint density at radius 3 is 2.35 bits per heavy atom. The number of carbonyl (C=O) groups is 2. The number of carbonyl (C=O) groups excluding carboxylic acids is 1. The van der Waals surface area contributed by atoms with Crippen molar-refractivity contribution in [1.82, 2.24) is 9.88 Å². The molecule has 0 bridgehead atoms. The third-order valence-electron chi connectivity index (χ3n) is 3.96. The van der Waals surface area contributed by atoms with E-state index in [4.69, 9.17) is 0 Å². The number of nitrogens with one attached hydrogen (secondary N) is 1. The maximum absolute atomic E-state index is 12.1. The first kappa shape index (κ1) is 16.8. The van der Waals surface area contributed by atoms with Crippen LogP contribution in [0.1, 0.15) is 39.7 Å². The first-order valence-corrected chi connectivity index (χ1v) is 7.65. The maximum atomic E-state index is 12.1. The second-order valence-corrected chi connectivity index (χ2v) is 5.67. The Labute approximate surface area is 135 Å². The zero-order valence-electron chi connectivity index (χ0n) is 13.7. The molecule has 0 saturated carbocycles. The zero-order chi connectivity index (χ0) is 17.0. The van der Waals surface area contributed by atoms with E-state index in [1.807, 2.05) is 24.3 Å². The second kappa shape index (κ2) is 7.13. The third-order valence-corrected chi connectivity index (χ3v) is 3.96. The van der Waals surface area contributed by atoms with E-state index in [0.29, 0.717) is 17.8 Å². The zero-order valence-corrected chi connectivity index (χ0v) is 13.7. The lowest BCUT2D eigenvalue weighted by atomic mass is 10.1. The summed E-state index contributed by atoms with van der Waals surface area (Å²) >= 11 is 0. The van der Waals surface area contributed by atoms with Crippen molar-refractivity contribution in [3.63, 3.8) is 0 Å². The molecule has 0 aliphatic carbocycles. The van der Waals surface area contributed by atoms with E-state index in [1.165, 1.54) is 5.56 Å². The molecular formula is C18H22N2O3. The lowest BCUT2D eigenvalue weighted by Crippen LogP contribution is -2.26. The van der Waals surface area contributed by atoms with E-state index >= 15 is 0 Å². The van der Waals surface area contributed by atoms with Gasteiger partial charge in [-0.15, -0.1) is 0 Å². The number of nitrogens with zero attached hydrogens (tertiary/aromatic N) is 1. The Hall–Kier alpha value is -2.56. The van der Waals surface area contributed by atoms with Crippen LogP contribution in [0.3, 0.4) is 0 Å². The summed E-state index contributed by atoms with van der Waals surface area (Å²) in [5.41, 5.74) is 3.68. The van der Waals surface area contributed by atoms with Gasteiger partial charge in [0, 0.05) is 25.5 Å². The maximum Gasteiger partial charge on any atom is 0.337 e. The fraction of sp³-hybridized carbons (Fsp3) is 0.333. The van der Waals surface area contributed by atoms with Gasteiger partial charge < -0.3 is 15.0 Å². The lowest BCUT2D eigenvalue weighted by molar-refractivity contribution is -0.120. The molecule has 0 radical (unpaired) electrons. The topological polar surface area (TPSA) is 71.3 Å². The predicted molar refractivity (Wildman–Crippen MR) is 88.5 cm³/mol. The van der Waals surface area contributed by atoms with Gasteiger partial charge in [0.15, 0.2) is 0 Å². The molecule has 1 amide bonds. The van der Waals surface area contributed by atoms with Crippen molar-refractivity contribution in [3.05, 3.63) is 58.4 Å². The van der Waals surface area contributed by atoms with Gasteiger partial charge in [-0.2, -0.15) is 0 Å². The third kappa shape index (κ3) is 4.00. The van der Waals surface area contributed by atoms with E-state index in [9.17, 15) is 14.7 Å². The van der Waals surface area contributed by atoms with E-state index in [2.05, 4.69) is 12.2 Å². The Morgan fingerprint density at radius 1 is 1.17 bits per heavy atom. The fourth-order valence-electron chi connectivity index (χ4n) is 2.65. The summed E-state index contributed by atoms with van der Waals surface area (Å²) in [7, 11) is 1.76. The smallest absolute Gasteiger partial charge is 0.337 e. The van der Waals surface area contributed by atoms with Crippen molar-refractivity contribution in [1.29, 1.82) is 0 Å². The molecule has 0 aliphatic rings. The Morgan fingerprint density at radius 2 is 1.78 bits per heavy atom. The summed E-state index contributed by atoms with van der Waals surface area (Å²) < 4.78 is 1.70. The van der Waals surface area contributed by atoms with E-state index < -0.39 is 5.97 Å². The highest BCUT2D eigenvalue weighted by Crippen LogP contribution is 2.17. The standard InChI is InChI=1S/C18H22N2O3/c1-4-13-5-7-14(8-6-13)10-19-16(21)9-15-17(18(22)23)12(2)11-20(15)3/h5-8,11H,4,9-10H2,1-3H3,(H,19,21)(H,22,23). The van der Waals surface area contributed by atoms with Crippen LogP contribution in [-0.2, 0) is 31.2 Å². The SMILES string of the molecule is CCc1ccc(CNC(=O)Cc2c(C(=O)O)c(C)cn2C)cc1. The predicted octanol–water partition coefficient (Wildman–Crippen LogP) is 2.45. The molecule has 2 aromatic rings. The number of aryl methyl sites for hydroxylation is 3. The number of rotatable bonds is 6. The van der Waals surface area contributed by atoms with Crippen LogP contribution in [0.15, 0.2) is 30.5 Å². The van der Waals surface area contributed by atoms with Crippen molar-refractivity contribution >= 4 is 11.9 Å². The number of amides is 1. The van der Waals surface area contributed by atoms with Gasteiger partial charge in [-0.05, 0) is 30.0 Å². The molecule has 0 unspecified atom stereocenters. The summed E-state index contributed by atoms with van der Waals surface area (Å²) in [6.45, 7) is 4.27. The van der Waals surface area contributed by atoms with Gasteiger partial charge in [-0.25, -0.2) is 4.79 Å². The summed E-state index contributed by atoms with van der Waals surface area (Å²) in [5, 5.41) is 12.1. The average Bonchev–Trinajstić information content (AvgIpc) is 2.79. The molecule has 0 spiro atoms. The van der Waals surface area contributed by atoms with Crippen LogP contribution in [0.25, 0.3) is 0 Å². The molecule has 0 aliphatic heterocycles. The Bertz CT molecular complexity index is 715. The minimum absolute atomic E-state index is 0.0546. The monoisotopic (exact) mass is 314 g/mol. The quantitative estimate of drug-likeness (QED) is 0.860. The Kier molecular flexibility index (Phi) is 5.21. The summed E-state index contributed by atoms with van der Waals surface area (Å²) in [6.07, 6.45) is 2.77. The van der Waals surface area contributed by atoms with Crippen LogP contribution < -0.4 is 5.32 Å². The van der Waals surface area contributed by atoms with Crippen LogP contribution in [0.2, 0.25) is 0 Å². The molecule has 122 valence electrons. The van der Waals surface area contributed by atoms with Crippen LogP contribution in [0.5, 0.6) is 0 Å². The van der Waals surface area contributed by atoms with Crippen molar-refractivity contribution in [2.24, 2.45) is 7.05 Å². The lowest BCUT2D eigenvalue weighted by Gasteiger charge is -2.08. The van der Waals surface area contributed by atoms with Crippen molar-refractivity contribution < 1.29 is 14.7 Å². The molecule has 0 saturated heterocycles. The second-order valence-electron chi connectivity index (χ2n) is 5.67. The average molecular weight is 314 g/mol. The molecule has 1 heterocycles. The van der Waals surface area contributed by atoms with Crippen LogP contribution in [0, 0.1) is 6.92 Å². The van der Waals surface area contributed by atoms with Crippen LogP contribution >= 0.6 is 0 Å². The minimum Gasteiger partial charge on any atom is -0.478 e. The van der Waals surface area contributed by atoms with Crippen molar-refractivity contribution in [3.8, 4) is 0 Å². The number of hydrogen-bond donors (Lipinski definition) is 2. The van der Waals surface area contributed by atoms with Crippen molar-refractivity contribution in [2.75, 3.05) is 0 Å². The van der Waals surface area contributed by atoms with Gasteiger partial charge >= 0.3 is 5.97 Å². The first-order chi connectivity index (χ1) is 10.9. The van der Waals surface area contributed by atoms with E-state index in [0.717, 1.165) is 12.0 Å². The van der Waals surface area contributed by atoms with Crippen molar-refractivity contribution in [2.45, 2.75) is 33.2 Å².